The number of hydrogen-bond donors (Lipinski definition) is 1. The van der Waals surface area contributed by atoms with Crippen molar-refractivity contribution in [3.63, 3.8) is 0 Å². The Morgan fingerprint density at radius 3 is 2.59 bits per heavy atom. The SMILES string of the molecule is C=CCN(CC=C)Cc1c(C(=O)O)cnn1C. The number of aromatic nitrogens is 2. The minimum Gasteiger partial charge on any atom is -0.478 e. The summed E-state index contributed by atoms with van der Waals surface area (Å²) in [5, 5.41) is 13.0. The first-order valence-electron chi connectivity index (χ1n) is 5.28. The van der Waals surface area contributed by atoms with Crippen LogP contribution in [-0.2, 0) is 13.6 Å². The number of rotatable bonds is 7. The highest BCUT2D eigenvalue weighted by Crippen LogP contribution is 2.11. The molecule has 0 atom stereocenters. The molecule has 0 bridgehead atoms. The molecule has 5 nitrogen and oxygen atoms in total. The van der Waals surface area contributed by atoms with Crippen LogP contribution in [0.4, 0.5) is 0 Å². The van der Waals surface area contributed by atoms with Gasteiger partial charge in [-0.05, 0) is 0 Å². The molecule has 0 saturated heterocycles. The van der Waals surface area contributed by atoms with Crippen LogP contribution < -0.4 is 0 Å². The van der Waals surface area contributed by atoms with Crippen LogP contribution in [-0.4, -0.2) is 38.8 Å². The van der Waals surface area contributed by atoms with Crippen LogP contribution in [0.15, 0.2) is 31.5 Å². The summed E-state index contributed by atoms with van der Waals surface area (Å²) < 4.78 is 1.59. The van der Waals surface area contributed by atoms with Gasteiger partial charge >= 0.3 is 5.97 Å². The average molecular weight is 235 g/mol. The molecule has 0 unspecified atom stereocenters. The second-order valence-electron chi connectivity index (χ2n) is 3.71. The van der Waals surface area contributed by atoms with Gasteiger partial charge in [-0.3, -0.25) is 9.58 Å². The van der Waals surface area contributed by atoms with Gasteiger partial charge in [0.25, 0.3) is 0 Å². The van der Waals surface area contributed by atoms with Gasteiger partial charge in [0.05, 0.1) is 11.9 Å². The van der Waals surface area contributed by atoms with E-state index in [2.05, 4.69) is 18.3 Å². The third-order valence-corrected chi connectivity index (χ3v) is 2.44. The van der Waals surface area contributed by atoms with Crippen molar-refractivity contribution in [2.45, 2.75) is 6.54 Å². The Bertz CT molecular complexity index is 413. The first kappa shape index (κ1) is 13.2. The van der Waals surface area contributed by atoms with Crippen molar-refractivity contribution in [2.24, 2.45) is 7.05 Å². The molecule has 0 fully saturated rings. The molecule has 0 aliphatic rings. The lowest BCUT2D eigenvalue weighted by Gasteiger charge is -2.19. The predicted molar refractivity (Wildman–Crippen MR) is 65.8 cm³/mol. The lowest BCUT2D eigenvalue weighted by Crippen LogP contribution is -2.25. The van der Waals surface area contributed by atoms with E-state index in [9.17, 15) is 4.79 Å². The van der Waals surface area contributed by atoms with E-state index in [1.807, 2.05) is 4.90 Å². The second kappa shape index (κ2) is 6.00. The Balaban J connectivity index is 2.90. The average Bonchev–Trinajstić information content (AvgIpc) is 2.61. The molecule has 0 spiro atoms. The quantitative estimate of drug-likeness (QED) is 0.723. The molecule has 0 aliphatic carbocycles. The topological polar surface area (TPSA) is 58.4 Å². The number of aryl methyl sites for hydroxylation is 1. The zero-order chi connectivity index (χ0) is 12.8. The normalized spacial score (nSPS) is 10.5. The fourth-order valence-electron chi connectivity index (χ4n) is 1.61. The van der Waals surface area contributed by atoms with E-state index in [1.54, 1.807) is 23.9 Å². The van der Waals surface area contributed by atoms with Crippen molar-refractivity contribution in [2.75, 3.05) is 13.1 Å². The molecule has 0 radical (unpaired) electrons. The first-order chi connectivity index (χ1) is 8.10. The third-order valence-electron chi connectivity index (χ3n) is 2.44. The van der Waals surface area contributed by atoms with E-state index in [0.717, 1.165) is 0 Å². The molecule has 1 aromatic rings. The molecule has 0 saturated carbocycles. The van der Waals surface area contributed by atoms with Crippen molar-refractivity contribution in [1.82, 2.24) is 14.7 Å². The molecule has 0 aliphatic heterocycles. The first-order valence-corrected chi connectivity index (χ1v) is 5.28. The Kier molecular flexibility index (Phi) is 4.66. The molecule has 1 rings (SSSR count). The van der Waals surface area contributed by atoms with Gasteiger partial charge in [0.1, 0.15) is 5.56 Å². The van der Waals surface area contributed by atoms with Gasteiger partial charge in [0.15, 0.2) is 0 Å². The number of carboxylic acid groups (broad SMARTS) is 1. The summed E-state index contributed by atoms with van der Waals surface area (Å²) in [4.78, 5) is 13.1. The predicted octanol–water partition coefficient (Wildman–Crippen LogP) is 1.29. The largest absolute Gasteiger partial charge is 0.478 e. The molecule has 1 aromatic heterocycles. The van der Waals surface area contributed by atoms with Gasteiger partial charge in [-0.2, -0.15) is 5.10 Å². The maximum absolute atomic E-state index is 11.0. The highest BCUT2D eigenvalue weighted by Gasteiger charge is 2.16. The summed E-state index contributed by atoms with van der Waals surface area (Å²) in [6.07, 6.45) is 4.93. The fraction of sp³-hybridized carbons (Fsp3) is 0.333. The van der Waals surface area contributed by atoms with E-state index in [-0.39, 0.29) is 5.56 Å². The monoisotopic (exact) mass is 235 g/mol. The lowest BCUT2D eigenvalue weighted by molar-refractivity contribution is 0.0694. The van der Waals surface area contributed by atoms with Crippen LogP contribution in [0.3, 0.4) is 0 Å². The summed E-state index contributed by atoms with van der Waals surface area (Å²) in [5.41, 5.74) is 0.923. The second-order valence-corrected chi connectivity index (χ2v) is 3.71. The van der Waals surface area contributed by atoms with E-state index in [4.69, 9.17) is 5.11 Å². The van der Waals surface area contributed by atoms with E-state index < -0.39 is 5.97 Å². The fourth-order valence-corrected chi connectivity index (χ4v) is 1.61. The van der Waals surface area contributed by atoms with E-state index in [1.165, 1.54) is 6.20 Å². The molecule has 0 aromatic carbocycles. The Morgan fingerprint density at radius 1 is 1.53 bits per heavy atom. The standard InChI is InChI=1S/C12H17N3O2/c1-4-6-15(7-5-2)9-11-10(12(16)17)8-13-14(11)3/h4-5,8H,1-2,6-7,9H2,3H3,(H,16,17). The van der Waals surface area contributed by atoms with Gasteiger partial charge in [-0.25, -0.2) is 4.79 Å². The molecule has 17 heavy (non-hydrogen) atoms. The molecule has 92 valence electrons. The Morgan fingerprint density at radius 2 is 2.12 bits per heavy atom. The van der Waals surface area contributed by atoms with Gasteiger partial charge in [-0.1, -0.05) is 12.2 Å². The highest BCUT2D eigenvalue weighted by molar-refractivity contribution is 5.88. The maximum atomic E-state index is 11.0. The zero-order valence-electron chi connectivity index (χ0n) is 9.96. The van der Waals surface area contributed by atoms with Gasteiger partial charge in [-0.15, -0.1) is 13.2 Å². The van der Waals surface area contributed by atoms with Crippen molar-refractivity contribution >= 4 is 5.97 Å². The lowest BCUT2D eigenvalue weighted by atomic mass is 10.2. The van der Waals surface area contributed by atoms with Gasteiger partial charge < -0.3 is 5.11 Å². The summed E-state index contributed by atoms with van der Waals surface area (Å²) in [6.45, 7) is 9.22. The minimum absolute atomic E-state index is 0.241. The summed E-state index contributed by atoms with van der Waals surface area (Å²) >= 11 is 0. The number of carbonyl (C=O) groups is 1. The molecular weight excluding hydrogens is 218 g/mol. The maximum Gasteiger partial charge on any atom is 0.339 e. The van der Waals surface area contributed by atoms with Crippen molar-refractivity contribution in [3.8, 4) is 0 Å². The number of hydrogen-bond acceptors (Lipinski definition) is 3. The van der Waals surface area contributed by atoms with E-state index in [0.29, 0.717) is 25.3 Å². The smallest absolute Gasteiger partial charge is 0.339 e. The number of aromatic carboxylic acids is 1. The summed E-state index contributed by atoms with van der Waals surface area (Å²) in [7, 11) is 1.74. The van der Waals surface area contributed by atoms with Gasteiger partial charge in [0, 0.05) is 26.7 Å². The van der Waals surface area contributed by atoms with Crippen LogP contribution in [0.25, 0.3) is 0 Å². The summed E-state index contributed by atoms with van der Waals surface area (Å²) in [6, 6.07) is 0. The van der Waals surface area contributed by atoms with E-state index >= 15 is 0 Å². The van der Waals surface area contributed by atoms with Gasteiger partial charge in [0.2, 0.25) is 0 Å². The summed E-state index contributed by atoms with van der Waals surface area (Å²) in [5.74, 6) is -0.953. The molecular formula is C12H17N3O2. The number of carboxylic acids is 1. The Hall–Kier alpha value is -1.88. The van der Waals surface area contributed by atoms with Crippen LogP contribution in [0.5, 0.6) is 0 Å². The van der Waals surface area contributed by atoms with Crippen LogP contribution in [0, 0.1) is 0 Å². The van der Waals surface area contributed by atoms with Crippen LogP contribution in [0.1, 0.15) is 16.1 Å². The Labute approximate surface area is 101 Å². The minimum atomic E-state index is -0.953. The molecule has 1 heterocycles. The molecule has 1 N–H and O–H groups in total. The van der Waals surface area contributed by atoms with Crippen molar-refractivity contribution < 1.29 is 9.90 Å². The van der Waals surface area contributed by atoms with Crippen molar-refractivity contribution in [3.05, 3.63) is 42.8 Å². The highest BCUT2D eigenvalue weighted by atomic mass is 16.4. The third kappa shape index (κ3) is 3.29. The zero-order valence-corrected chi connectivity index (χ0v) is 9.96. The molecule has 0 amide bonds. The van der Waals surface area contributed by atoms with Crippen LogP contribution in [0.2, 0.25) is 0 Å². The van der Waals surface area contributed by atoms with Crippen molar-refractivity contribution in [1.29, 1.82) is 0 Å². The number of nitrogens with zero attached hydrogens (tertiary/aromatic N) is 3. The van der Waals surface area contributed by atoms with Crippen LogP contribution >= 0.6 is 0 Å². The molecule has 5 heteroatoms.